The van der Waals surface area contributed by atoms with Crippen LogP contribution in [0.1, 0.15) is 37.9 Å². The highest BCUT2D eigenvalue weighted by Crippen LogP contribution is 2.31. The van der Waals surface area contributed by atoms with Gasteiger partial charge in [0.15, 0.2) is 0 Å². The first kappa shape index (κ1) is 19.3. The van der Waals surface area contributed by atoms with Gasteiger partial charge >= 0.3 is 12.2 Å². The van der Waals surface area contributed by atoms with E-state index in [-0.39, 0.29) is 24.6 Å². The second-order valence-corrected chi connectivity index (χ2v) is 5.93. The van der Waals surface area contributed by atoms with Gasteiger partial charge in [0.25, 0.3) is 0 Å². The van der Waals surface area contributed by atoms with Gasteiger partial charge in [-0.1, -0.05) is 26.0 Å². The smallest absolute Gasteiger partial charge is 0.394 e. The van der Waals surface area contributed by atoms with Crippen LogP contribution in [0.25, 0.3) is 0 Å². The molecule has 7 heteroatoms. The van der Waals surface area contributed by atoms with Gasteiger partial charge in [-0.3, -0.25) is 0 Å². The lowest BCUT2D eigenvalue weighted by Gasteiger charge is -2.29. The van der Waals surface area contributed by atoms with Gasteiger partial charge in [-0.05, 0) is 30.5 Å². The third kappa shape index (κ3) is 5.13. The normalized spacial score (nSPS) is 14.5. The molecule has 0 aliphatic rings. The Morgan fingerprint density at radius 1 is 1.22 bits per heavy atom. The van der Waals surface area contributed by atoms with Gasteiger partial charge in [-0.15, -0.1) is 0 Å². The quantitative estimate of drug-likeness (QED) is 0.868. The third-order valence-electron chi connectivity index (χ3n) is 3.79. The SMILES string of the molecule is CC(C)C(NC(=O)N(C)C(C)CO)c1ccc(C(F)(F)F)cc1. The molecule has 0 aliphatic heterocycles. The minimum atomic E-state index is -4.38. The highest BCUT2D eigenvalue weighted by molar-refractivity contribution is 5.74. The Morgan fingerprint density at radius 3 is 2.13 bits per heavy atom. The predicted molar refractivity (Wildman–Crippen MR) is 81.9 cm³/mol. The average Bonchev–Trinajstić information content (AvgIpc) is 2.49. The number of benzene rings is 1. The molecule has 0 bridgehead atoms. The van der Waals surface area contributed by atoms with Crippen LogP contribution in [0.5, 0.6) is 0 Å². The summed E-state index contributed by atoms with van der Waals surface area (Å²) in [6.07, 6.45) is -4.38. The van der Waals surface area contributed by atoms with Gasteiger partial charge in [-0.2, -0.15) is 13.2 Å². The van der Waals surface area contributed by atoms with Crippen LogP contribution in [0.15, 0.2) is 24.3 Å². The Hall–Kier alpha value is -1.76. The summed E-state index contributed by atoms with van der Waals surface area (Å²) in [6.45, 7) is 5.27. The molecule has 0 fully saturated rings. The molecule has 4 nitrogen and oxygen atoms in total. The van der Waals surface area contributed by atoms with Crippen molar-refractivity contribution in [1.82, 2.24) is 10.2 Å². The van der Waals surface area contributed by atoms with Crippen molar-refractivity contribution < 1.29 is 23.1 Å². The highest BCUT2D eigenvalue weighted by Gasteiger charge is 2.30. The largest absolute Gasteiger partial charge is 0.416 e. The van der Waals surface area contributed by atoms with E-state index in [1.165, 1.54) is 17.0 Å². The van der Waals surface area contributed by atoms with Crippen LogP contribution in [0.4, 0.5) is 18.0 Å². The molecule has 2 N–H and O–H groups in total. The van der Waals surface area contributed by atoms with E-state index in [4.69, 9.17) is 5.11 Å². The number of hydrogen-bond donors (Lipinski definition) is 2. The van der Waals surface area contributed by atoms with Crippen molar-refractivity contribution in [3.05, 3.63) is 35.4 Å². The van der Waals surface area contributed by atoms with E-state index < -0.39 is 17.8 Å². The Balaban J connectivity index is 2.93. The van der Waals surface area contributed by atoms with Crippen LogP contribution in [0.2, 0.25) is 0 Å². The third-order valence-corrected chi connectivity index (χ3v) is 3.79. The van der Waals surface area contributed by atoms with E-state index in [2.05, 4.69) is 5.32 Å². The predicted octanol–water partition coefficient (Wildman–Crippen LogP) is 3.42. The highest BCUT2D eigenvalue weighted by atomic mass is 19.4. The number of amides is 2. The number of carbonyl (C=O) groups is 1. The van der Waals surface area contributed by atoms with Gasteiger partial charge in [-0.25, -0.2) is 4.79 Å². The van der Waals surface area contributed by atoms with Crippen LogP contribution < -0.4 is 5.32 Å². The summed E-state index contributed by atoms with van der Waals surface area (Å²) in [5.41, 5.74) is -0.118. The fourth-order valence-electron chi connectivity index (χ4n) is 2.07. The van der Waals surface area contributed by atoms with E-state index >= 15 is 0 Å². The maximum absolute atomic E-state index is 12.6. The van der Waals surface area contributed by atoms with Crippen LogP contribution in [0, 0.1) is 5.92 Å². The van der Waals surface area contributed by atoms with Gasteiger partial charge < -0.3 is 15.3 Å². The van der Waals surface area contributed by atoms with Crippen molar-refractivity contribution >= 4 is 6.03 Å². The Morgan fingerprint density at radius 2 is 1.74 bits per heavy atom. The van der Waals surface area contributed by atoms with Crippen molar-refractivity contribution in [3.63, 3.8) is 0 Å². The van der Waals surface area contributed by atoms with Crippen LogP contribution >= 0.6 is 0 Å². The molecule has 0 saturated heterocycles. The van der Waals surface area contributed by atoms with Gasteiger partial charge in [0.1, 0.15) is 0 Å². The van der Waals surface area contributed by atoms with Crippen LogP contribution in [-0.4, -0.2) is 35.7 Å². The number of nitrogens with one attached hydrogen (secondary N) is 1. The number of halogens is 3. The summed E-state index contributed by atoms with van der Waals surface area (Å²) in [6, 6.07) is 3.62. The summed E-state index contributed by atoms with van der Waals surface area (Å²) in [5, 5.41) is 11.9. The molecule has 0 saturated carbocycles. The number of nitrogens with zero attached hydrogens (tertiary/aromatic N) is 1. The molecule has 0 spiro atoms. The average molecular weight is 332 g/mol. The van der Waals surface area contributed by atoms with Crippen molar-refractivity contribution in [1.29, 1.82) is 0 Å². The number of hydrogen-bond acceptors (Lipinski definition) is 2. The number of aliphatic hydroxyl groups excluding tert-OH is 1. The summed E-state index contributed by atoms with van der Waals surface area (Å²) < 4.78 is 37.9. The number of alkyl halides is 3. The van der Waals surface area contributed by atoms with E-state index in [0.717, 1.165) is 12.1 Å². The Kier molecular flexibility index (Phi) is 6.44. The molecule has 2 unspecified atom stereocenters. The van der Waals surface area contributed by atoms with Crippen molar-refractivity contribution in [3.8, 4) is 0 Å². The monoisotopic (exact) mass is 332 g/mol. The molecular weight excluding hydrogens is 309 g/mol. The van der Waals surface area contributed by atoms with Crippen LogP contribution in [0.3, 0.4) is 0 Å². The van der Waals surface area contributed by atoms with E-state index in [1.807, 2.05) is 13.8 Å². The first-order valence-corrected chi connectivity index (χ1v) is 7.39. The van der Waals surface area contributed by atoms with E-state index in [1.54, 1.807) is 14.0 Å². The summed E-state index contributed by atoms with van der Waals surface area (Å²) in [4.78, 5) is 13.5. The molecule has 130 valence electrons. The van der Waals surface area contributed by atoms with Crippen molar-refractivity contribution in [2.24, 2.45) is 5.92 Å². The zero-order valence-corrected chi connectivity index (χ0v) is 13.7. The van der Waals surface area contributed by atoms with E-state index in [9.17, 15) is 18.0 Å². The maximum Gasteiger partial charge on any atom is 0.416 e. The molecule has 2 atom stereocenters. The lowest BCUT2D eigenvalue weighted by Crippen LogP contribution is -2.46. The molecule has 0 aromatic heterocycles. The number of urea groups is 1. The first-order chi connectivity index (χ1) is 10.6. The standard InChI is InChI=1S/C16H23F3N2O2/c1-10(2)14(20-15(23)21(4)11(3)9-22)12-5-7-13(8-6-12)16(17,18)19/h5-8,10-11,14,22H,9H2,1-4H3,(H,20,23). The second kappa shape index (κ2) is 7.68. The Labute approximate surface area is 134 Å². The Bertz CT molecular complexity index is 515. The van der Waals surface area contributed by atoms with E-state index in [0.29, 0.717) is 5.56 Å². The number of aliphatic hydroxyl groups is 1. The lowest BCUT2D eigenvalue weighted by molar-refractivity contribution is -0.137. The zero-order valence-electron chi connectivity index (χ0n) is 13.7. The molecule has 0 heterocycles. The minimum Gasteiger partial charge on any atom is -0.394 e. The lowest BCUT2D eigenvalue weighted by atomic mass is 9.95. The molecular formula is C16H23F3N2O2. The van der Waals surface area contributed by atoms with Gasteiger partial charge in [0, 0.05) is 7.05 Å². The zero-order chi connectivity index (χ0) is 17.8. The molecule has 0 radical (unpaired) electrons. The van der Waals surface area contributed by atoms with Crippen LogP contribution in [-0.2, 0) is 6.18 Å². The summed E-state index contributed by atoms with van der Waals surface area (Å²) >= 11 is 0. The fraction of sp³-hybridized carbons (Fsp3) is 0.562. The molecule has 2 amide bonds. The fourth-order valence-corrected chi connectivity index (χ4v) is 2.07. The second-order valence-electron chi connectivity index (χ2n) is 5.93. The minimum absolute atomic E-state index is 0.00600. The molecule has 1 aromatic carbocycles. The number of likely N-dealkylation sites (N-methyl/N-ethyl adjacent to an activating group) is 1. The summed E-state index contributed by atoms with van der Waals surface area (Å²) in [5.74, 6) is -0.00600. The topological polar surface area (TPSA) is 52.6 Å². The molecule has 1 aromatic rings. The number of rotatable bonds is 5. The van der Waals surface area contributed by atoms with Gasteiger partial charge in [0.05, 0.1) is 24.3 Å². The van der Waals surface area contributed by atoms with Crippen molar-refractivity contribution in [2.45, 2.75) is 39.0 Å². The summed E-state index contributed by atoms with van der Waals surface area (Å²) in [7, 11) is 1.56. The first-order valence-electron chi connectivity index (χ1n) is 7.39. The van der Waals surface area contributed by atoms with Gasteiger partial charge in [0.2, 0.25) is 0 Å². The maximum atomic E-state index is 12.6. The molecule has 23 heavy (non-hydrogen) atoms. The number of carbonyl (C=O) groups excluding carboxylic acids is 1. The molecule has 1 rings (SSSR count). The molecule has 0 aliphatic carbocycles. The van der Waals surface area contributed by atoms with Crippen molar-refractivity contribution in [2.75, 3.05) is 13.7 Å².